The van der Waals surface area contributed by atoms with Gasteiger partial charge < -0.3 is 0 Å². The Bertz CT molecular complexity index is 550. The molecular formula is C14H19ClN2O2S. The normalized spacial score (nSPS) is 11.5. The van der Waals surface area contributed by atoms with Crippen LogP contribution in [-0.2, 0) is 16.6 Å². The standard InChI is InChI=1S/C14H19ClN2O2S/c1-2-9-17(20(18,19)10-3-8-15)12-14-6-4-13(11-16)5-7-14/h4-7H,2-3,8-10,12H2,1H3. The molecule has 0 aliphatic rings. The molecule has 0 atom stereocenters. The van der Waals surface area contributed by atoms with Crippen molar-refractivity contribution in [3.63, 3.8) is 0 Å². The number of nitrogens with zero attached hydrogens (tertiary/aromatic N) is 2. The SMILES string of the molecule is CCCN(Cc1ccc(C#N)cc1)S(=O)(=O)CCCCl. The molecule has 0 aliphatic carbocycles. The fourth-order valence-electron chi connectivity index (χ4n) is 1.82. The third-order valence-electron chi connectivity index (χ3n) is 2.84. The van der Waals surface area contributed by atoms with Gasteiger partial charge in [-0.25, -0.2) is 8.42 Å². The summed E-state index contributed by atoms with van der Waals surface area (Å²) >= 11 is 5.57. The van der Waals surface area contributed by atoms with E-state index in [4.69, 9.17) is 16.9 Å². The second kappa shape index (κ2) is 8.25. The molecular weight excluding hydrogens is 296 g/mol. The van der Waals surface area contributed by atoms with Gasteiger partial charge in [-0.15, -0.1) is 11.6 Å². The predicted molar refractivity (Wildman–Crippen MR) is 81.0 cm³/mol. The molecule has 0 saturated heterocycles. The van der Waals surface area contributed by atoms with E-state index < -0.39 is 10.0 Å². The van der Waals surface area contributed by atoms with Crippen LogP contribution in [0, 0.1) is 11.3 Å². The highest BCUT2D eigenvalue weighted by Gasteiger charge is 2.20. The van der Waals surface area contributed by atoms with Crippen molar-refractivity contribution in [3.8, 4) is 6.07 Å². The van der Waals surface area contributed by atoms with Crippen molar-refractivity contribution in [3.05, 3.63) is 35.4 Å². The zero-order valence-electron chi connectivity index (χ0n) is 11.5. The Kier molecular flexibility index (Phi) is 7.00. The Hall–Kier alpha value is -1.09. The smallest absolute Gasteiger partial charge is 0.212 e. The largest absolute Gasteiger partial charge is 0.214 e. The fourth-order valence-corrected chi connectivity index (χ4v) is 3.69. The molecule has 20 heavy (non-hydrogen) atoms. The lowest BCUT2D eigenvalue weighted by Gasteiger charge is -2.21. The second-order valence-electron chi connectivity index (χ2n) is 4.50. The van der Waals surface area contributed by atoms with Crippen molar-refractivity contribution in [2.45, 2.75) is 26.3 Å². The van der Waals surface area contributed by atoms with Crippen LogP contribution in [0.3, 0.4) is 0 Å². The number of benzene rings is 1. The van der Waals surface area contributed by atoms with Crippen LogP contribution in [0.15, 0.2) is 24.3 Å². The van der Waals surface area contributed by atoms with E-state index in [0.717, 1.165) is 12.0 Å². The first kappa shape index (κ1) is 17.0. The van der Waals surface area contributed by atoms with Crippen molar-refractivity contribution in [2.75, 3.05) is 18.2 Å². The fraction of sp³-hybridized carbons (Fsp3) is 0.500. The van der Waals surface area contributed by atoms with Gasteiger partial charge in [-0.1, -0.05) is 19.1 Å². The highest BCUT2D eigenvalue weighted by molar-refractivity contribution is 7.89. The Morgan fingerprint density at radius 1 is 1.30 bits per heavy atom. The summed E-state index contributed by atoms with van der Waals surface area (Å²) in [7, 11) is -3.28. The summed E-state index contributed by atoms with van der Waals surface area (Å²) in [6.45, 7) is 2.78. The van der Waals surface area contributed by atoms with Gasteiger partial charge in [0.1, 0.15) is 0 Å². The molecule has 0 saturated carbocycles. The Morgan fingerprint density at radius 2 is 1.95 bits per heavy atom. The van der Waals surface area contributed by atoms with Crippen LogP contribution in [-0.4, -0.2) is 30.9 Å². The van der Waals surface area contributed by atoms with Crippen LogP contribution in [0.1, 0.15) is 30.9 Å². The van der Waals surface area contributed by atoms with Crippen molar-refractivity contribution in [2.24, 2.45) is 0 Å². The second-order valence-corrected chi connectivity index (χ2v) is 6.97. The van der Waals surface area contributed by atoms with E-state index in [-0.39, 0.29) is 5.75 Å². The lowest BCUT2D eigenvalue weighted by Crippen LogP contribution is -2.33. The average Bonchev–Trinajstić information content (AvgIpc) is 2.45. The zero-order valence-corrected chi connectivity index (χ0v) is 13.1. The van der Waals surface area contributed by atoms with Gasteiger partial charge in [0, 0.05) is 19.0 Å². The Labute approximate surface area is 126 Å². The van der Waals surface area contributed by atoms with Gasteiger partial charge in [0.05, 0.1) is 17.4 Å². The van der Waals surface area contributed by atoms with Gasteiger partial charge in [-0.05, 0) is 30.5 Å². The lowest BCUT2D eigenvalue weighted by atomic mass is 10.1. The summed E-state index contributed by atoms with van der Waals surface area (Å²) in [5, 5.41) is 8.75. The topological polar surface area (TPSA) is 61.2 Å². The molecule has 0 amide bonds. The van der Waals surface area contributed by atoms with Gasteiger partial charge in [0.2, 0.25) is 10.0 Å². The first-order chi connectivity index (χ1) is 9.53. The third-order valence-corrected chi connectivity index (χ3v) is 5.01. The Morgan fingerprint density at radius 3 is 2.45 bits per heavy atom. The Balaban J connectivity index is 2.83. The van der Waals surface area contributed by atoms with Crippen molar-refractivity contribution < 1.29 is 8.42 Å². The van der Waals surface area contributed by atoms with Crippen molar-refractivity contribution in [1.82, 2.24) is 4.31 Å². The molecule has 1 rings (SSSR count). The molecule has 110 valence electrons. The number of hydrogen-bond acceptors (Lipinski definition) is 3. The molecule has 1 aromatic rings. The zero-order chi connectivity index (χ0) is 15.0. The van der Waals surface area contributed by atoms with Gasteiger partial charge in [0.15, 0.2) is 0 Å². The quantitative estimate of drug-likeness (QED) is 0.693. The molecule has 0 N–H and O–H groups in total. The van der Waals surface area contributed by atoms with E-state index in [1.54, 1.807) is 24.3 Å². The van der Waals surface area contributed by atoms with E-state index >= 15 is 0 Å². The van der Waals surface area contributed by atoms with E-state index in [2.05, 4.69) is 0 Å². The van der Waals surface area contributed by atoms with Gasteiger partial charge >= 0.3 is 0 Å². The maximum absolute atomic E-state index is 12.2. The summed E-state index contributed by atoms with van der Waals surface area (Å²) in [5.74, 6) is 0.419. The molecule has 0 aromatic heterocycles. The molecule has 1 aromatic carbocycles. The summed E-state index contributed by atoms with van der Waals surface area (Å²) in [5.41, 5.74) is 1.45. The van der Waals surface area contributed by atoms with Crippen LogP contribution in [0.25, 0.3) is 0 Å². The molecule has 0 unspecified atom stereocenters. The summed E-state index contributed by atoms with van der Waals surface area (Å²) in [4.78, 5) is 0. The minimum atomic E-state index is -3.28. The van der Waals surface area contributed by atoms with E-state index in [0.29, 0.717) is 31.0 Å². The third kappa shape index (κ3) is 5.12. The number of rotatable bonds is 8. The van der Waals surface area contributed by atoms with Gasteiger partial charge in [-0.3, -0.25) is 0 Å². The van der Waals surface area contributed by atoms with Crippen molar-refractivity contribution in [1.29, 1.82) is 5.26 Å². The summed E-state index contributed by atoms with van der Waals surface area (Å²) in [6.07, 6.45) is 1.22. The molecule has 0 spiro atoms. The maximum Gasteiger partial charge on any atom is 0.214 e. The lowest BCUT2D eigenvalue weighted by molar-refractivity contribution is 0.405. The van der Waals surface area contributed by atoms with E-state index in [9.17, 15) is 8.42 Å². The number of halogens is 1. The number of hydrogen-bond donors (Lipinski definition) is 0. The van der Waals surface area contributed by atoms with Crippen LogP contribution in [0.2, 0.25) is 0 Å². The molecule has 0 bridgehead atoms. The number of sulfonamides is 1. The molecule has 6 heteroatoms. The van der Waals surface area contributed by atoms with Crippen LogP contribution < -0.4 is 0 Å². The molecule has 0 fully saturated rings. The van der Waals surface area contributed by atoms with Crippen LogP contribution in [0.5, 0.6) is 0 Å². The number of nitriles is 1. The monoisotopic (exact) mass is 314 g/mol. The molecule has 4 nitrogen and oxygen atoms in total. The summed E-state index contributed by atoms with van der Waals surface area (Å²) in [6, 6.07) is 9.02. The molecule has 0 radical (unpaired) electrons. The highest BCUT2D eigenvalue weighted by Crippen LogP contribution is 2.13. The maximum atomic E-state index is 12.2. The minimum Gasteiger partial charge on any atom is -0.212 e. The van der Waals surface area contributed by atoms with E-state index in [1.165, 1.54) is 4.31 Å². The first-order valence-electron chi connectivity index (χ1n) is 6.56. The van der Waals surface area contributed by atoms with Gasteiger partial charge in [0.25, 0.3) is 0 Å². The van der Waals surface area contributed by atoms with Crippen molar-refractivity contribution >= 4 is 21.6 Å². The summed E-state index contributed by atoms with van der Waals surface area (Å²) < 4.78 is 25.9. The highest BCUT2D eigenvalue weighted by atomic mass is 35.5. The van der Waals surface area contributed by atoms with Gasteiger partial charge in [-0.2, -0.15) is 9.57 Å². The molecule has 0 heterocycles. The van der Waals surface area contributed by atoms with E-state index in [1.807, 2.05) is 13.0 Å². The molecule has 0 aliphatic heterocycles. The average molecular weight is 315 g/mol. The predicted octanol–water partition coefficient (Wildman–Crippen LogP) is 2.73. The first-order valence-corrected chi connectivity index (χ1v) is 8.70. The van der Waals surface area contributed by atoms with Crippen LogP contribution in [0.4, 0.5) is 0 Å². The van der Waals surface area contributed by atoms with Crippen LogP contribution >= 0.6 is 11.6 Å². The number of alkyl halides is 1. The minimum absolute atomic E-state index is 0.0762.